The minimum atomic E-state index is -0.0851. The first kappa shape index (κ1) is 21.4. The molecule has 1 heterocycles. The Bertz CT molecular complexity index is 717. The van der Waals surface area contributed by atoms with E-state index in [4.69, 9.17) is 0 Å². The molecule has 1 amide bonds. The van der Waals surface area contributed by atoms with Crippen LogP contribution in [-0.2, 0) is 13.0 Å². The molecule has 0 aliphatic carbocycles. The highest BCUT2D eigenvalue weighted by molar-refractivity contribution is 14.0. The van der Waals surface area contributed by atoms with E-state index >= 15 is 0 Å². The van der Waals surface area contributed by atoms with Gasteiger partial charge >= 0.3 is 0 Å². The lowest BCUT2D eigenvalue weighted by molar-refractivity contribution is 0.0963. The van der Waals surface area contributed by atoms with Crippen LogP contribution in [0, 0.1) is 6.92 Å². The normalized spacial score (nSPS) is 10.8. The molecule has 0 aliphatic rings. The number of carbonyl (C=O) groups is 1. The maximum Gasteiger partial charge on any atom is 0.251 e. The summed E-state index contributed by atoms with van der Waals surface area (Å²) in [6.07, 6.45) is 2.76. The topological polar surface area (TPSA) is 78.4 Å². The zero-order valence-electron chi connectivity index (χ0n) is 14.6. The Balaban J connectivity index is 0.00000312. The summed E-state index contributed by atoms with van der Waals surface area (Å²) in [5.74, 6) is 0.645. The molecule has 6 nitrogen and oxygen atoms in total. The summed E-state index contributed by atoms with van der Waals surface area (Å²) in [6.45, 7) is 3.42. The van der Waals surface area contributed by atoms with Crippen LogP contribution in [-0.4, -0.2) is 37.5 Å². The summed E-state index contributed by atoms with van der Waals surface area (Å²) >= 11 is 1.71. The van der Waals surface area contributed by atoms with Crippen molar-refractivity contribution in [2.24, 2.45) is 4.99 Å². The van der Waals surface area contributed by atoms with Crippen molar-refractivity contribution in [3.8, 4) is 0 Å². The van der Waals surface area contributed by atoms with Crippen molar-refractivity contribution < 1.29 is 4.79 Å². The van der Waals surface area contributed by atoms with Crippen molar-refractivity contribution in [2.75, 3.05) is 20.6 Å². The third-order valence-electron chi connectivity index (χ3n) is 3.40. The molecule has 0 fully saturated rings. The van der Waals surface area contributed by atoms with Crippen LogP contribution >= 0.6 is 35.3 Å². The molecular formula is C17H24IN5OS. The van der Waals surface area contributed by atoms with Crippen LogP contribution < -0.4 is 16.0 Å². The molecule has 3 N–H and O–H groups in total. The Hall–Kier alpha value is -1.68. The molecule has 2 rings (SSSR count). The van der Waals surface area contributed by atoms with Crippen molar-refractivity contribution in [3.63, 3.8) is 0 Å². The first-order chi connectivity index (χ1) is 11.6. The predicted molar refractivity (Wildman–Crippen MR) is 114 cm³/mol. The van der Waals surface area contributed by atoms with Crippen molar-refractivity contribution >= 4 is 47.2 Å². The monoisotopic (exact) mass is 473 g/mol. The van der Waals surface area contributed by atoms with Crippen molar-refractivity contribution in [3.05, 3.63) is 51.5 Å². The van der Waals surface area contributed by atoms with Crippen LogP contribution in [0.1, 0.15) is 25.8 Å². The number of rotatable bonds is 6. The fourth-order valence-corrected chi connectivity index (χ4v) is 2.96. The SMILES string of the molecule is CN=C(NCCc1ncc(C)s1)NCc1cccc(C(=O)NC)c1.I. The second kappa shape index (κ2) is 11.0. The number of aliphatic imine (C=N–C) groups is 1. The fourth-order valence-electron chi connectivity index (χ4n) is 2.18. The summed E-state index contributed by atoms with van der Waals surface area (Å²) in [7, 11) is 3.37. The van der Waals surface area contributed by atoms with Crippen molar-refractivity contribution in [2.45, 2.75) is 19.9 Å². The number of nitrogens with zero attached hydrogens (tertiary/aromatic N) is 2. The number of nitrogens with one attached hydrogen (secondary N) is 3. The first-order valence-corrected chi connectivity index (χ1v) is 8.61. The molecule has 0 atom stereocenters. The van der Waals surface area contributed by atoms with Crippen LogP contribution in [0.4, 0.5) is 0 Å². The van der Waals surface area contributed by atoms with E-state index in [0.29, 0.717) is 12.1 Å². The number of aryl methyl sites for hydroxylation is 1. The number of hydrogen-bond acceptors (Lipinski definition) is 4. The lowest BCUT2D eigenvalue weighted by Gasteiger charge is -2.12. The van der Waals surface area contributed by atoms with E-state index in [-0.39, 0.29) is 29.9 Å². The average molecular weight is 473 g/mol. The molecule has 0 unspecified atom stereocenters. The van der Waals surface area contributed by atoms with E-state index in [1.54, 1.807) is 31.5 Å². The van der Waals surface area contributed by atoms with E-state index in [0.717, 1.165) is 29.5 Å². The zero-order chi connectivity index (χ0) is 17.4. The van der Waals surface area contributed by atoms with Gasteiger partial charge in [-0.05, 0) is 24.6 Å². The van der Waals surface area contributed by atoms with Crippen LogP contribution in [0.2, 0.25) is 0 Å². The van der Waals surface area contributed by atoms with Gasteiger partial charge in [-0.2, -0.15) is 0 Å². The molecule has 0 aliphatic heterocycles. The second-order valence-corrected chi connectivity index (χ2v) is 6.57. The maximum absolute atomic E-state index is 11.7. The molecule has 136 valence electrons. The number of benzene rings is 1. The van der Waals surface area contributed by atoms with E-state index < -0.39 is 0 Å². The molecule has 0 bridgehead atoms. The Morgan fingerprint density at radius 3 is 2.76 bits per heavy atom. The molecule has 1 aromatic carbocycles. The second-order valence-electron chi connectivity index (χ2n) is 5.25. The van der Waals surface area contributed by atoms with E-state index in [1.807, 2.05) is 24.4 Å². The van der Waals surface area contributed by atoms with Gasteiger partial charge in [0.15, 0.2) is 5.96 Å². The Kier molecular flexibility index (Phi) is 9.43. The number of hydrogen-bond donors (Lipinski definition) is 3. The highest BCUT2D eigenvalue weighted by atomic mass is 127. The van der Waals surface area contributed by atoms with Crippen LogP contribution in [0.15, 0.2) is 35.5 Å². The minimum Gasteiger partial charge on any atom is -0.356 e. The number of carbonyl (C=O) groups excluding carboxylic acids is 1. The number of aromatic nitrogens is 1. The van der Waals surface area contributed by atoms with Gasteiger partial charge in [0.1, 0.15) is 0 Å². The largest absolute Gasteiger partial charge is 0.356 e. The third kappa shape index (κ3) is 6.99. The van der Waals surface area contributed by atoms with Gasteiger partial charge < -0.3 is 16.0 Å². The first-order valence-electron chi connectivity index (χ1n) is 7.79. The molecule has 0 radical (unpaired) electrons. The molecule has 1 aromatic heterocycles. The van der Waals surface area contributed by atoms with Crippen LogP contribution in [0.5, 0.6) is 0 Å². The molecule has 2 aromatic rings. The Labute approximate surface area is 169 Å². The minimum absolute atomic E-state index is 0. The Morgan fingerprint density at radius 2 is 2.12 bits per heavy atom. The van der Waals surface area contributed by atoms with E-state index in [1.165, 1.54) is 4.88 Å². The smallest absolute Gasteiger partial charge is 0.251 e. The van der Waals surface area contributed by atoms with Gasteiger partial charge in [-0.3, -0.25) is 9.79 Å². The van der Waals surface area contributed by atoms with Gasteiger partial charge in [0.2, 0.25) is 0 Å². The molecule has 0 saturated heterocycles. The van der Waals surface area contributed by atoms with Crippen molar-refractivity contribution in [1.82, 2.24) is 20.9 Å². The molecule has 8 heteroatoms. The molecule has 25 heavy (non-hydrogen) atoms. The number of halogens is 1. The molecule has 0 spiro atoms. The van der Waals surface area contributed by atoms with Gasteiger partial charge in [-0.25, -0.2) is 4.98 Å². The quantitative estimate of drug-likeness (QED) is 0.342. The number of amides is 1. The van der Waals surface area contributed by atoms with Crippen molar-refractivity contribution in [1.29, 1.82) is 0 Å². The lowest BCUT2D eigenvalue weighted by atomic mass is 10.1. The Morgan fingerprint density at radius 1 is 1.32 bits per heavy atom. The standard InChI is InChI=1S/C17H23N5OS.HI/c1-12-10-21-15(24-12)7-8-20-17(19-3)22-11-13-5-4-6-14(9-13)16(23)18-2;/h4-6,9-10H,7-8,11H2,1-3H3,(H,18,23)(H2,19,20,22);1H. The number of thiazole rings is 1. The fraction of sp³-hybridized carbons (Fsp3) is 0.353. The predicted octanol–water partition coefficient (Wildman–Crippen LogP) is 2.34. The van der Waals surface area contributed by atoms with Gasteiger partial charge in [-0.1, -0.05) is 12.1 Å². The summed E-state index contributed by atoms with van der Waals surface area (Å²) in [5, 5.41) is 10.3. The summed E-state index contributed by atoms with van der Waals surface area (Å²) in [6, 6.07) is 7.52. The highest BCUT2D eigenvalue weighted by Gasteiger charge is 2.05. The molecular weight excluding hydrogens is 449 g/mol. The van der Waals surface area contributed by atoms with Crippen LogP contribution in [0.3, 0.4) is 0 Å². The van der Waals surface area contributed by atoms with Gasteiger partial charge in [0.05, 0.1) is 5.01 Å². The van der Waals surface area contributed by atoms with Gasteiger partial charge in [-0.15, -0.1) is 35.3 Å². The van der Waals surface area contributed by atoms with E-state index in [9.17, 15) is 4.79 Å². The van der Waals surface area contributed by atoms with Gasteiger partial charge in [0.25, 0.3) is 5.91 Å². The zero-order valence-corrected chi connectivity index (χ0v) is 17.8. The summed E-state index contributed by atoms with van der Waals surface area (Å²) in [4.78, 5) is 21.4. The summed E-state index contributed by atoms with van der Waals surface area (Å²) < 4.78 is 0. The van der Waals surface area contributed by atoms with Crippen LogP contribution in [0.25, 0.3) is 0 Å². The third-order valence-corrected chi connectivity index (χ3v) is 4.37. The van der Waals surface area contributed by atoms with Gasteiger partial charge in [0, 0.05) is 50.2 Å². The number of guanidine groups is 1. The lowest BCUT2D eigenvalue weighted by Crippen LogP contribution is -2.37. The average Bonchev–Trinajstić information content (AvgIpc) is 3.02. The maximum atomic E-state index is 11.7. The summed E-state index contributed by atoms with van der Waals surface area (Å²) in [5.41, 5.74) is 1.67. The molecule has 0 saturated carbocycles. The van der Waals surface area contributed by atoms with E-state index in [2.05, 4.69) is 32.9 Å². The highest BCUT2D eigenvalue weighted by Crippen LogP contribution is 2.10.